The number of carbonyl (C=O) groups is 1. The number of piperidine rings is 1. The van der Waals surface area contributed by atoms with Crippen LogP contribution >= 0.6 is 0 Å². The zero-order valence-electron chi connectivity index (χ0n) is 15.6. The van der Waals surface area contributed by atoms with Crippen molar-refractivity contribution in [3.05, 3.63) is 42.0 Å². The van der Waals surface area contributed by atoms with Gasteiger partial charge in [-0.1, -0.05) is 17.3 Å². The van der Waals surface area contributed by atoms with Crippen molar-refractivity contribution in [1.82, 2.24) is 35.2 Å². The summed E-state index contributed by atoms with van der Waals surface area (Å²) in [5.74, 6) is 1.31. The molecule has 1 amide bonds. The number of carbonyl (C=O) groups excluding carboxylic acids is 1. The number of amides is 1. The van der Waals surface area contributed by atoms with Crippen LogP contribution in [0.4, 0.5) is 0 Å². The van der Waals surface area contributed by atoms with E-state index in [1.54, 1.807) is 10.9 Å². The fraction of sp³-hybridized carbons (Fsp3) is 0.474. The van der Waals surface area contributed by atoms with Gasteiger partial charge in [0.2, 0.25) is 0 Å². The maximum atomic E-state index is 12.3. The molecule has 8 heteroatoms. The average molecular weight is 367 g/mol. The lowest BCUT2D eigenvalue weighted by Crippen LogP contribution is -2.32. The maximum Gasteiger partial charge on any atom is 0.273 e. The van der Waals surface area contributed by atoms with E-state index >= 15 is 0 Å². The molecule has 1 saturated heterocycles. The molecule has 8 nitrogen and oxygen atoms in total. The Morgan fingerprint density at radius 1 is 1.37 bits per heavy atom. The van der Waals surface area contributed by atoms with Crippen molar-refractivity contribution in [3.63, 3.8) is 0 Å². The second-order valence-electron chi connectivity index (χ2n) is 7.12. The number of nitrogens with one attached hydrogen (secondary N) is 2. The van der Waals surface area contributed by atoms with E-state index in [1.807, 2.05) is 31.3 Å². The zero-order valence-corrected chi connectivity index (χ0v) is 15.6. The number of nitrogens with zero attached hydrogens (tertiary/aromatic N) is 5. The lowest BCUT2D eigenvalue weighted by Gasteiger charge is -2.22. The molecule has 1 fully saturated rings. The number of hydrogen-bond donors (Lipinski definition) is 2. The van der Waals surface area contributed by atoms with Gasteiger partial charge in [-0.3, -0.25) is 9.48 Å². The molecule has 1 aliphatic rings. The van der Waals surface area contributed by atoms with Gasteiger partial charge < -0.3 is 15.2 Å². The number of benzene rings is 1. The van der Waals surface area contributed by atoms with E-state index in [0.29, 0.717) is 24.6 Å². The Labute approximate surface area is 158 Å². The highest BCUT2D eigenvalue weighted by atomic mass is 16.2. The molecule has 1 aliphatic heterocycles. The molecule has 3 heterocycles. The summed E-state index contributed by atoms with van der Waals surface area (Å²) < 4.78 is 3.84. The van der Waals surface area contributed by atoms with Gasteiger partial charge in [0.15, 0.2) is 5.69 Å². The molecule has 2 N–H and O–H groups in total. The molecular weight excluding hydrogens is 342 g/mol. The van der Waals surface area contributed by atoms with Gasteiger partial charge in [0.25, 0.3) is 5.91 Å². The van der Waals surface area contributed by atoms with Crippen molar-refractivity contribution in [3.8, 4) is 0 Å². The highest BCUT2D eigenvalue weighted by Crippen LogP contribution is 2.14. The Hall–Kier alpha value is -2.74. The van der Waals surface area contributed by atoms with Crippen LogP contribution in [0.2, 0.25) is 0 Å². The van der Waals surface area contributed by atoms with Crippen LogP contribution in [-0.2, 0) is 20.0 Å². The third-order valence-electron chi connectivity index (χ3n) is 5.13. The van der Waals surface area contributed by atoms with Crippen molar-refractivity contribution in [2.45, 2.75) is 25.8 Å². The molecule has 1 aromatic carbocycles. The van der Waals surface area contributed by atoms with Crippen LogP contribution in [0.1, 0.15) is 29.2 Å². The van der Waals surface area contributed by atoms with Gasteiger partial charge in [0, 0.05) is 26.6 Å². The maximum absolute atomic E-state index is 12.3. The van der Waals surface area contributed by atoms with Crippen LogP contribution in [0, 0.1) is 5.92 Å². The van der Waals surface area contributed by atoms with Gasteiger partial charge >= 0.3 is 0 Å². The van der Waals surface area contributed by atoms with Crippen LogP contribution in [0.3, 0.4) is 0 Å². The number of imidazole rings is 1. The van der Waals surface area contributed by atoms with Crippen LogP contribution in [0.5, 0.6) is 0 Å². The molecule has 1 atom stereocenters. The second kappa shape index (κ2) is 7.87. The minimum atomic E-state index is -0.193. The standard InChI is InChI=1S/C19H25N7O/c1-25-17-7-3-2-6-15(17)22-18(25)8-10-21-19(27)16-13-26(24-23-16)12-14-5-4-9-20-11-14/h2-3,6-7,13-14,20H,4-5,8-12H2,1H3,(H,21,27)/t14-/m0/s1. The summed E-state index contributed by atoms with van der Waals surface area (Å²) >= 11 is 0. The number of rotatable bonds is 6. The molecule has 0 saturated carbocycles. The molecule has 0 spiro atoms. The molecule has 0 aliphatic carbocycles. The number of hydrogen-bond acceptors (Lipinski definition) is 5. The van der Waals surface area contributed by atoms with Crippen molar-refractivity contribution >= 4 is 16.9 Å². The van der Waals surface area contributed by atoms with E-state index in [2.05, 4.69) is 30.5 Å². The summed E-state index contributed by atoms with van der Waals surface area (Å²) in [5.41, 5.74) is 2.43. The molecule has 0 unspecified atom stereocenters. The lowest BCUT2D eigenvalue weighted by molar-refractivity contribution is 0.0949. The van der Waals surface area contributed by atoms with E-state index in [-0.39, 0.29) is 5.91 Å². The fourth-order valence-corrected chi connectivity index (χ4v) is 3.63. The Balaban J connectivity index is 1.30. The molecule has 0 radical (unpaired) electrons. The lowest BCUT2D eigenvalue weighted by atomic mass is 10.00. The van der Waals surface area contributed by atoms with Gasteiger partial charge in [0.1, 0.15) is 5.82 Å². The largest absolute Gasteiger partial charge is 0.350 e. The minimum Gasteiger partial charge on any atom is -0.350 e. The summed E-state index contributed by atoms with van der Waals surface area (Å²) in [7, 11) is 2.00. The van der Waals surface area contributed by atoms with Crippen molar-refractivity contribution in [1.29, 1.82) is 0 Å². The minimum absolute atomic E-state index is 0.193. The Morgan fingerprint density at radius 2 is 2.26 bits per heavy atom. The number of para-hydroxylation sites is 2. The van der Waals surface area contributed by atoms with Crippen molar-refractivity contribution in [2.75, 3.05) is 19.6 Å². The van der Waals surface area contributed by atoms with E-state index in [9.17, 15) is 4.79 Å². The monoisotopic (exact) mass is 367 g/mol. The molecule has 0 bridgehead atoms. The first-order valence-electron chi connectivity index (χ1n) is 9.50. The quantitative estimate of drug-likeness (QED) is 0.682. The SMILES string of the molecule is Cn1c(CCNC(=O)c2cn(C[C@H]3CCCNC3)nn2)nc2ccccc21. The average Bonchev–Trinajstić information content (AvgIpc) is 3.28. The predicted octanol–water partition coefficient (Wildman–Crippen LogP) is 1.14. The van der Waals surface area contributed by atoms with Gasteiger partial charge in [-0.15, -0.1) is 5.10 Å². The van der Waals surface area contributed by atoms with Crippen molar-refractivity contribution in [2.24, 2.45) is 13.0 Å². The van der Waals surface area contributed by atoms with Gasteiger partial charge in [-0.05, 0) is 44.0 Å². The molecule has 27 heavy (non-hydrogen) atoms. The predicted molar refractivity (Wildman–Crippen MR) is 102 cm³/mol. The summed E-state index contributed by atoms with van der Waals surface area (Å²) in [4.78, 5) is 17.0. The molecule has 3 aromatic rings. The van der Waals surface area contributed by atoms with Crippen LogP contribution in [0.15, 0.2) is 30.5 Å². The van der Waals surface area contributed by atoms with Gasteiger partial charge in [0.05, 0.1) is 17.2 Å². The first kappa shape index (κ1) is 17.7. The Bertz CT molecular complexity index is 923. The van der Waals surface area contributed by atoms with E-state index in [1.165, 1.54) is 12.8 Å². The zero-order chi connectivity index (χ0) is 18.6. The highest BCUT2D eigenvalue weighted by Gasteiger charge is 2.16. The molecule has 4 rings (SSSR count). The van der Waals surface area contributed by atoms with E-state index in [0.717, 1.165) is 36.5 Å². The summed E-state index contributed by atoms with van der Waals surface area (Å²) in [6.07, 6.45) is 4.78. The van der Waals surface area contributed by atoms with E-state index in [4.69, 9.17) is 0 Å². The Morgan fingerprint density at radius 3 is 3.07 bits per heavy atom. The van der Waals surface area contributed by atoms with Gasteiger partial charge in [-0.2, -0.15) is 0 Å². The Kier molecular flexibility index (Phi) is 5.15. The van der Waals surface area contributed by atoms with Crippen molar-refractivity contribution < 1.29 is 4.79 Å². The number of fused-ring (bicyclic) bond motifs is 1. The second-order valence-corrected chi connectivity index (χ2v) is 7.12. The number of aromatic nitrogens is 5. The van der Waals surface area contributed by atoms with Crippen LogP contribution < -0.4 is 10.6 Å². The summed E-state index contributed by atoms with van der Waals surface area (Å²) in [6, 6.07) is 8.03. The summed E-state index contributed by atoms with van der Waals surface area (Å²) in [5, 5.41) is 14.4. The smallest absolute Gasteiger partial charge is 0.273 e. The third-order valence-corrected chi connectivity index (χ3v) is 5.13. The molecule has 2 aromatic heterocycles. The number of aryl methyl sites for hydroxylation is 1. The molecular formula is C19H25N7O. The third kappa shape index (κ3) is 4.00. The fourth-order valence-electron chi connectivity index (χ4n) is 3.63. The van der Waals surface area contributed by atoms with Crippen LogP contribution in [-0.4, -0.2) is 50.1 Å². The normalized spacial score (nSPS) is 17.3. The first-order valence-corrected chi connectivity index (χ1v) is 9.50. The topological polar surface area (TPSA) is 89.7 Å². The molecule has 142 valence electrons. The van der Waals surface area contributed by atoms with E-state index < -0.39 is 0 Å². The summed E-state index contributed by atoms with van der Waals surface area (Å²) in [6.45, 7) is 3.40. The van der Waals surface area contributed by atoms with Crippen LogP contribution in [0.25, 0.3) is 11.0 Å². The first-order chi connectivity index (χ1) is 13.2. The van der Waals surface area contributed by atoms with Gasteiger partial charge in [-0.25, -0.2) is 4.98 Å². The highest BCUT2D eigenvalue weighted by molar-refractivity contribution is 5.91.